The van der Waals surface area contributed by atoms with Gasteiger partial charge in [0.2, 0.25) is 6.10 Å². The van der Waals surface area contributed by atoms with E-state index in [1.54, 1.807) is 55.5 Å². The molecule has 2 rings (SSSR count). The summed E-state index contributed by atoms with van der Waals surface area (Å²) in [6.45, 7) is 1.62. The maximum Gasteiger partial charge on any atom is 0.405 e. The molecule has 2 aromatic carbocycles. The van der Waals surface area contributed by atoms with E-state index in [4.69, 9.17) is 10.5 Å². The second-order valence-corrected chi connectivity index (χ2v) is 6.74. The first-order valence-corrected chi connectivity index (χ1v) is 8.68. The fraction of sp³-hybridized carbons (Fsp3) is 0.125. The van der Waals surface area contributed by atoms with Crippen LogP contribution in [0.25, 0.3) is 0 Å². The Kier molecular flexibility index (Phi) is 5.73. The van der Waals surface area contributed by atoms with Gasteiger partial charge in [-0.25, -0.2) is 13.2 Å². The number of hydrazine groups is 1. The normalized spacial score (nSPS) is 12.2. The van der Waals surface area contributed by atoms with Crippen molar-refractivity contribution < 1.29 is 22.7 Å². The highest BCUT2D eigenvalue weighted by Crippen LogP contribution is 2.18. The van der Waals surface area contributed by atoms with Gasteiger partial charge in [0.05, 0.1) is 4.90 Å². The number of hydrogen-bond donors (Lipinski definition) is 3. The molecule has 4 N–H and O–H groups in total. The number of amides is 2. The van der Waals surface area contributed by atoms with E-state index in [9.17, 15) is 18.0 Å². The van der Waals surface area contributed by atoms with Gasteiger partial charge in [0.15, 0.2) is 0 Å². The fourth-order valence-electron chi connectivity index (χ4n) is 2.11. The van der Waals surface area contributed by atoms with Gasteiger partial charge in [-0.1, -0.05) is 48.5 Å². The molecule has 8 nitrogen and oxygen atoms in total. The summed E-state index contributed by atoms with van der Waals surface area (Å²) in [4.78, 5) is 25.3. The van der Waals surface area contributed by atoms with E-state index < -0.39 is 28.1 Å². The number of rotatable bonds is 6. The van der Waals surface area contributed by atoms with Gasteiger partial charge < -0.3 is 10.5 Å². The minimum Gasteiger partial charge on any atom is -0.431 e. The molecule has 0 saturated heterocycles. The van der Waals surface area contributed by atoms with Crippen molar-refractivity contribution in [1.82, 2.24) is 10.3 Å². The molecule has 2 amide bonds. The van der Waals surface area contributed by atoms with Gasteiger partial charge >= 0.3 is 6.09 Å². The van der Waals surface area contributed by atoms with Gasteiger partial charge in [-0.3, -0.25) is 10.2 Å². The van der Waals surface area contributed by atoms with Crippen molar-refractivity contribution >= 4 is 22.0 Å². The van der Waals surface area contributed by atoms with E-state index in [1.165, 1.54) is 6.07 Å². The molecule has 9 heteroatoms. The monoisotopic (exact) mass is 363 g/mol. The number of ether oxygens (including phenoxy) is 1. The topological polar surface area (TPSA) is 128 Å². The zero-order valence-corrected chi connectivity index (χ0v) is 14.1. The number of aryl methyl sites for hydroxylation is 1. The third-order valence-electron chi connectivity index (χ3n) is 3.27. The maximum atomic E-state index is 12.3. The minimum absolute atomic E-state index is 0.0161. The molecule has 0 aliphatic carbocycles. The molecule has 0 bridgehead atoms. The molecular weight excluding hydrogens is 346 g/mol. The summed E-state index contributed by atoms with van der Waals surface area (Å²) in [6, 6.07) is 14.4. The second-order valence-electron chi connectivity index (χ2n) is 5.09. The lowest BCUT2D eigenvalue weighted by Gasteiger charge is -2.17. The van der Waals surface area contributed by atoms with E-state index in [-0.39, 0.29) is 4.90 Å². The summed E-state index contributed by atoms with van der Waals surface area (Å²) in [5.74, 6) is -0.887. The third kappa shape index (κ3) is 4.78. The zero-order valence-electron chi connectivity index (χ0n) is 13.3. The molecule has 0 fully saturated rings. The van der Waals surface area contributed by atoms with Gasteiger partial charge in [0.25, 0.3) is 15.9 Å². The number of nitrogens with two attached hydrogens (primary N) is 1. The number of sulfonamides is 1. The van der Waals surface area contributed by atoms with Crippen LogP contribution < -0.4 is 16.0 Å². The Morgan fingerprint density at radius 1 is 1.04 bits per heavy atom. The summed E-state index contributed by atoms with van der Waals surface area (Å²) in [5.41, 5.74) is 7.88. The van der Waals surface area contributed by atoms with Crippen LogP contribution in [-0.4, -0.2) is 20.4 Å². The third-order valence-corrected chi connectivity index (χ3v) is 4.67. The van der Waals surface area contributed by atoms with Crippen LogP contribution in [0.3, 0.4) is 0 Å². The lowest BCUT2D eigenvalue weighted by molar-refractivity contribution is -0.130. The molecule has 0 heterocycles. The van der Waals surface area contributed by atoms with Crippen LogP contribution in [0.15, 0.2) is 59.5 Å². The van der Waals surface area contributed by atoms with E-state index in [2.05, 4.69) is 0 Å². The molecule has 0 aliphatic heterocycles. The Labute approximate surface area is 145 Å². The van der Waals surface area contributed by atoms with Crippen LogP contribution in [-0.2, 0) is 19.6 Å². The molecule has 1 unspecified atom stereocenters. The first-order valence-electron chi connectivity index (χ1n) is 7.19. The molecule has 2 aromatic rings. The highest BCUT2D eigenvalue weighted by Gasteiger charge is 2.26. The molecule has 0 aromatic heterocycles. The van der Waals surface area contributed by atoms with E-state index >= 15 is 0 Å². The van der Waals surface area contributed by atoms with Crippen LogP contribution in [0, 0.1) is 6.92 Å². The Morgan fingerprint density at radius 2 is 1.64 bits per heavy atom. The Bertz CT molecular complexity index is 868. The Morgan fingerprint density at radius 3 is 2.24 bits per heavy atom. The largest absolute Gasteiger partial charge is 0.431 e. The first kappa shape index (κ1) is 18.4. The molecule has 0 radical (unpaired) electrons. The van der Waals surface area contributed by atoms with Gasteiger partial charge in [-0.05, 0) is 18.6 Å². The molecular formula is C16H17N3O5S. The quantitative estimate of drug-likeness (QED) is 0.663. The molecule has 0 spiro atoms. The van der Waals surface area contributed by atoms with Crippen molar-refractivity contribution in [2.45, 2.75) is 17.9 Å². The lowest BCUT2D eigenvalue weighted by Crippen LogP contribution is -2.45. The molecule has 0 saturated carbocycles. The summed E-state index contributed by atoms with van der Waals surface area (Å²) in [7, 11) is -3.98. The van der Waals surface area contributed by atoms with Gasteiger partial charge in [0.1, 0.15) is 0 Å². The van der Waals surface area contributed by atoms with Crippen LogP contribution in [0.2, 0.25) is 0 Å². The highest BCUT2D eigenvalue weighted by molar-refractivity contribution is 7.89. The molecule has 0 aliphatic rings. The number of carbonyl (C=O) groups excluding carboxylic acids is 2. The predicted molar refractivity (Wildman–Crippen MR) is 89.5 cm³/mol. The minimum atomic E-state index is -3.98. The van der Waals surface area contributed by atoms with Crippen LogP contribution >= 0.6 is 0 Å². The summed E-state index contributed by atoms with van der Waals surface area (Å²) < 4.78 is 29.3. The fourth-order valence-corrected chi connectivity index (χ4v) is 3.21. The SMILES string of the molecule is Cc1ccccc1S(=O)(=O)NNC(=O)C(OC(N)=O)c1ccccc1. The highest BCUT2D eigenvalue weighted by atomic mass is 32.2. The first-order chi connectivity index (χ1) is 11.8. The number of benzene rings is 2. The smallest absolute Gasteiger partial charge is 0.405 e. The molecule has 1 atom stereocenters. The predicted octanol–water partition coefficient (Wildman–Crippen LogP) is 1.14. The van der Waals surface area contributed by atoms with Gasteiger partial charge in [0, 0.05) is 5.56 Å². The van der Waals surface area contributed by atoms with Crippen molar-refractivity contribution in [2.75, 3.05) is 0 Å². The molecule has 25 heavy (non-hydrogen) atoms. The second kappa shape index (κ2) is 7.77. The Balaban J connectivity index is 2.16. The lowest BCUT2D eigenvalue weighted by atomic mass is 10.1. The number of primary amides is 1. The van der Waals surface area contributed by atoms with Crippen molar-refractivity contribution in [1.29, 1.82) is 0 Å². The van der Waals surface area contributed by atoms with E-state index in [0.29, 0.717) is 11.1 Å². The van der Waals surface area contributed by atoms with Crippen LogP contribution in [0.4, 0.5) is 4.79 Å². The summed E-state index contributed by atoms with van der Waals surface area (Å²) in [5, 5.41) is 0. The van der Waals surface area contributed by atoms with Crippen LogP contribution in [0.5, 0.6) is 0 Å². The van der Waals surface area contributed by atoms with Crippen molar-refractivity contribution in [3.8, 4) is 0 Å². The maximum absolute atomic E-state index is 12.3. The van der Waals surface area contributed by atoms with Crippen molar-refractivity contribution in [3.05, 3.63) is 65.7 Å². The molecule has 132 valence electrons. The Hall–Kier alpha value is -2.91. The van der Waals surface area contributed by atoms with E-state index in [1.807, 2.05) is 10.3 Å². The zero-order chi connectivity index (χ0) is 18.4. The average Bonchev–Trinajstić information content (AvgIpc) is 2.58. The summed E-state index contributed by atoms with van der Waals surface area (Å²) in [6.07, 6.45) is -2.55. The van der Waals surface area contributed by atoms with Crippen molar-refractivity contribution in [2.24, 2.45) is 5.73 Å². The van der Waals surface area contributed by atoms with Crippen molar-refractivity contribution in [3.63, 3.8) is 0 Å². The summed E-state index contributed by atoms with van der Waals surface area (Å²) >= 11 is 0. The number of hydrogen-bond acceptors (Lipinski definition) is 5. The van der Waals surface area contributed by atoms with E-state index in [0.717, 1.165) is 0 Å². The number of nitrogens with one attached hydrogen (secondary N) is 2. The van der Waals surface area contributed by atoms with Crippen LogP contribution in [0.1, 0.15) is 17.2 Å². The number of carbonyl (C=O) groups is 2. The van der Waals surface area contributed by atoms with Gasteiger partial charge in [-0.15, -0.1) is 4.83 Å². The standard InChI is InChI=1S/C16H17N3O5S/c1-11-7-5-6-10-13(11)25(22,23)19-18-15(20)14(24-16(17)21)12-8-3-2-4-9-12/h2-10,14,19H,1H3,(H2,17,21)(H,18,20). The average molecular weight is 363 g/mol. The van der Waals surface area contributed by atoms with Gasteiger partial charge in [-0.2, -0.15) is 0 Å².